The minimum atomic E-state index is -0.00854. The van der Waals surface area contributed by atoms with Gasteiger partial charge in [0.1, 0.15) is 6.04 Å². The number of hydroxylamine groups is 2. The Balaban J connectivity index is 1.67. The average Bonchev–Trinajstić information content (AvgIpc) is 2.98. The van der Waals surface area contributed by atoms with Crippen molar-refractivity contribution in [1.29, 1.82) is 5.26 Å². The lowest BCUT2D eigenvalue weighted by Crippen LogP contribution is -2.06. The Bertz CT molecular complexity index is 331. The van der Waals surface area contributed by atoms with Gasteiger partial charge < -0.3 is 0 Å². The third kappa shape index (κ3) is 2.32. The summed E-state index contributed by atoms with van der Waals surface area (Å²) >= 11 is 0. The van der Waals surface area contributed by atoms with Crippen molar-refractivity contribution >= 4 is 0 Å². The molecule has 1 aromatic rings. The third-order valence-corrected chi connectivity index (χ3v) is 2.21. The van der Waals surface area contributed by atoms with E-state index in [0.717, 1.165) is 13.0 Å². The first-order chi connectivity index (χ1) is 6.90. The maximum Gasteiger partial charge on any atom is 0.137 e. The van der Waals surface area contributed by atoms with Gasteiger partial charge in [0, 0.05) is 0 Å². The Morgan fingerprint density at radius 3 is 2.86 bits per heavy atom. The molecule has 72 valence electrons. The fourth-order valence-electron chi connectivity index (χ4n) is 1.30. The summed E-state index contributed by atoms with van der Waals surface area (Å²) < 4.78 is 0. The van der Waals surface area contributed by atoms with Crippen molar-refractivity contribution in [1.82, 2.24) is 5.06 Å². The zero-order valence-corrected chi connectivity index (χ0v) is 7.89. The fraction of sp³-hybridized carbons (Fsp3) is 0.364. The molecule has 14 heavy (non-hydrogen) atoms. The Morgan fingerprint density at radius 2 is 2.21 bits per heavy atom. The first kappa shape index (κ1) is 9.20. The number of hydrogen-bond acceptors (Lipinski definition) is 3. The SMILES string of the molecule is N#CC1CN1OCCc1ccccc1. The number of rotatable bonds is 4. The van der Waals surface area contributed by atoms with Crippen LogP contribution >= 0.6 is 0 Å². The molecule has 0 N–H and O–H groups in total. The molecule has 0 radical (unpaired) electrons. The molecule has 2 rings (SSSR count). The van der Waals surface area contributed by atoms with Crippen LogP contribution in [0.15, 0.2) is 30.3 Å². The summed E-state index contributed by atoms with van der Waals surface area (Å²) in [6.07, 6.45) is 0.898. The van der Waals surface area contributed by atoms with Gasteiger partial charge in [0.05, 0.1) is 19.2 Å². The van der Waals surface area contributed by atoms with Crippen LogP contribution in [0.3, 0.4) is 0 Å². The fourth-order valence-corrected chi connectivity index (χ4v) is 1.30. The first-order valence-electron chi connectivity index (χ1n) is 4.73. The van der Waals surface area contributed by atoms with E-state index in [-0.39, 0.29) is 6.04 Å². The molecule has 3 nitrogen and oxygen atoms in total. The Morgan fingerprint density at radius 1 is 1.43 bits per heavy atom. The summed E-state index contributed by atoms with van der Waals surface area (Å²) in [7, 11) is 0. The molecule has 0 aromatic heterocycles. The van der Waals surface area contributed by atoms with Gasteiger partial charge in [-0.1, -0.05) is 30.3 Å². The standard InChI is InChI=1S/C11H12N2O/c12-8-11-9-13(11)14-7-6-10-4-2-1-3-5-10/h1-5,11H,6-7,9H2. The predicted molar refractivity (Wildman–Crippen MR) is 52.2 cm³/mol. The van der Waals surface area contributed by atoms with Crippen molar-refractivity contribution in [3.8, 4) is 6.07 Å². The lowest BCUT2D eigenvalue weighted by atomic mass is 10.2. The summed E-state index contributed by atoms with van der Waals surface area (Å²) in [5.74, 6) is 0. The third-order valence-electron chi connectivity index (χ3n) is 2.21. The van der Waals surface area contributed by atoms with Gasteiger partial charge in [0.25, 0.3) is 0 Å². The van der Waals surface area contributed by atoms with Crippen molar-refractivity contribution in [3.63, 3.8) is 0 Å². The van der Waals surface area contributed by atoms with Gasteiger partial charge in [-0.25, -0.2) is 0 Å². The molecule has 0 saturated carbocycles. The van der Waals surface area contributed by atoms with Crippen molar-refractivity contribution in [2.75, 3.05) is 13.2 Å². The highest BCUT2D eigenvalue weighted by atomic mass is 16.7. The minimum Gasteiger partial charge on any atom is -0.297 e. The molecule has 1 fully saturated rings. The van der Waals surface area contributed by atoms with Crippen LogP contribution in [0.25, 0.3) is 0 Å². The number of nitrogens with zero attached hydrogens (tertiary/aromatic N) is 2. The maximum atomic E-state index is 8.52. The van der Waals surface area contributed by atoms with E-state index < -0.39 is 0 Å². The molecule has 1 aliphatic heterocycles. The summed E-state index contributed by atoms with van der Waals surface area (Å²) in [6.45, 7) is 1.41. The zero-order chi connectivity index (χ0) is 9.80. The highest BCUT2D eigenvalue weighted by Crippen LogP contribution is 2.16. The van der Waals surface area contributed by atoms with Crippen molar-refractivity contribution < 1.29 is 4.84 Å². The summed E-state index contributed by atoms with van der Waals surface area (Å²) in [5, 5.41) is 10.2. The number of nitriles is 1. The van der Waals surface area contributed by atoms with E-state index in [4.69, 9.17) is 10.1 Å². The summed E-state index contributed by atoms with van der Waals surface area (Å²) in [6, 6.07) is 12.3. The second-order valence-electron chi connectivity index (χ2n) is 3.31. The number of hydrogen-bond donors (Lipinski definition) is 0. The quantitative estimate of drug-likeness (QED) is 0.669. The zero-order valence-electron chi connectivity index (χ0n) is 7.89. The molecule has 1 heterocycles. The van der Waals surface area contributed by atoms with Crippen LogP contribution in [0.2, 0.25) is 0 Å². The van der Waals surface area contributed by atoms with Crippen molar-refractivity contribution in [2.45, 2.75) is 12.5 Å². The molecule has 1 aliphatic rings. The highest BCUT2D eigenvalue weighted by molar-refractivity contribution is 5.14. The van der Waals surface area contributed by atoms with E-state index >= 15 is 0 Å². The van der Waals surface area contributed by atoms with E-state index in [2.05, 4.69) is 18.2 Å². The Labute approximate surface area is 83.5 Å². The molecule has 1 saturated heterocycles. The lowest BCUT2D eigenvalue weighted by molar-refractivity contribution is -0.0688. The summed E-state index contributed by atoms with van der Waals surface area (Å²) in [5.41, 5.74) is 1.27. The largest absolute Gasteiger partial charge is 0.297 e. The molecular formula is C11H12N2O. The second kappa shape index (κ2) is 4.23. The molecule has 0 aliphatic carbocycles. The lowest BCUT2D eigenvalue weighted by Gasteiger charge is -2.02. The average molecular weight is 188 g/mol. The van der Waals surface area contributed by atoms with Crippen molar-refractivity contribution in [2.24, 2.45) is 0 Å². The predicted octanol–water partition coefficient (Wildman–Crippen LogP) is 1.37. The normalized spacial score (nSPS) is 24.2. The van der Waals surface area contributed by atoms with E-state index in [1.165, 1.54) is 5.56 Å². The maximum absolute atomic E-state index is 8.52. The summed E-state index contributed by atoms with van der Waals surface area (Å²) in [4.78, 5) is 5.37. The van der Waals surface area contributed by atoms with Crippen LogP contribution in [0, 0.1) is 11.3 Å². The van der Waals surface area contributed by atoms with E-state index in [9.17, 15) is 0 Å². The van der Waals surface area contributed by atoms with Crippen LogP contribution in [0.4, 0.5) is 0 Å². The van der Waals surface area contributed by atoms with Gasteiger partial charge in [0.15, 0.2) is 0 Å². The molecule has 0 bridgehead atoms. The first-order valence-corrected chi connectivity index (χ1v) is 4.73. The monoisotopic (exact) mass is 188 g/mol. The molecular weight excluding hydrogens is 176 g/mol. The van der Waals surface area contributed by atoms with Gasteiger partial charge >= 0.3 is 0 Å². The van der Waals surface area contributed by atoms with Crippen LogP contribution < -0.4 is 0 Å². The topological polar surface area (TPSA) is 36.0 Å². The van der Waals surface area contributed by atoms with Crippen LogP contribution in [-0.4, -0.2) is 24.3 Å². The van der Waals surface area contributed by atoms with Gasteiger partial charge in [0.2, 0.25) is 0 Å². The van der Waals surface area contributed by atoms with E-state index in [1.807, 2.05) is 18.2 Å². The molecule has 2 atom stereocenters. The second-order valence-corrected chi connectivity index (χ2v) is 3.31. The molecule has 2 unspecified atom stereocenters. The van der Waals surface area contributed by atoms with Gasteiger partial charge in [-0.3, -0.25) is 4.84 Å². The number of benzene rings is 1. The molecule has 0 amide bonds. The van der Waals surface area contributed by atoms with E-state index in [1.54, 1.807) is 5.06 Å². The minimum absolute atomic E-state index is 0.00854. The smallest absolute Gasteiger partial charge is 0.137 e. The van der Waals surface area contributed by atoms with Crippen LogP contribution in [-0.2, 0) is 11.3 Å². The Kier molecular flexibility index (Phi) is 2.78. The Hall–Kier alpha value is -1.37. The van der Waals surface area contributed by atoms with Gasteiger partial charge in [-0.15, -0.1) is 0 Å². The van der Waals surface area contributed by atoms with Gasteiger partial charge in [-0.2, -0.15) is 10.3 Å². The highest BCUT2D eigenvalue weighted by Gasteiger charge is 2.35. The van der Waals surface area contributed by atoms with E-state index in [0.29, 0.717) is 6.61 Å². The van der Waals surface area contributed by atoms with Gasteiger partial charge in [-0.05, 0) is 12.0 Å². The van der Waals surface area contributed by atoms with Crippen LogP contribution in [0.1, 0.15) is 5.56 Å². The molecule has 3 heteroatoms. The van der Waals surface area contributed by atoms with Crippen molar-refractivity contribution in [3.05, 3.63) is 35.9 Å². The van der Waals surface area contributed by atoms with Crippen LogP contribution in [0.5, 0.6) is 0 Å². The molecule has 1 aromatic carbocycles. The molecule has 0 spiro atoms.